The Morgan fingerprint density at radius 2 is 2.54 bits per heavy atom. The summed E-state index contributed by atoms with van der Waals surface area (Å²) in [6.45, 7) is 2.78. The Morgan fingerprint density at radius 3 is 3.00 bits per heavy atom. The third kappa shape index (κ3) is 2.63. The molecule has 1 fully saturated rings. The van der Waals surface area contributed by atoms with Gasteiger partial charge in [0.25, 0.3) is 0 Å². The first-order valence-corrected chi connectivity index (χ1v) is 5.61. The van der Waals surface area contributed by atoms with Gasteiger partial charge >= 0.3 is 0 Å². The van der Waals surface area contributed by atoms with Gasteiger partial charge in [0.05, 0.1) is 11.3 Å². The van der Waals surface area contributed by atoms with Crippen molar-refractivity contribution in [2.24, 2.45) is 0 Å². The van der Waals surface area contributed by atoms with Crippen LogP contribution >= 0.6 is 11.8 Å². The molecule has 1 saturated heterocycles. The maximum atomic E-state index is 11.7. The fourth-order valence-corrected chi connectivity index (χ4v) is 2.65. The van der Waals surface area contributed by atoms with E-state index >= 15 is 0 Å². The molecule has 0 saturated carbocycles. The molecule has 1 unspecified atom stereocenters. The zero-order valence-electron chi connectivity index (χ0n) is 7.82. The average molecular weight is 198 g/mol. The first-order valence-electron chi connectivity index (χ1n) is 4.57. The summed E-state index contributed by atoms with van der Waals surface area (Å²) >= 11 is 1.72. The van der Waals surface area contributed by atoms with E-state index < -0.39 is 0 Å². The Balaban J connectivity index is 2.48. The summed E-state index contributed by atoms with van der Waals surface area (Å²) in [6.07, 6.45) is 2.11. The van der Waals surface area contributed by atoms with Gasteiger partial charge in [-0.05, 0) is 25.5 Å². The largest absolute Gasteiger partial charge is 0.329 e. The van der Waals surface area contributed by atoms with Gasteiger partial charge in [0, 0.05) is 6.54 Å². The molecule has 1 aliphatic heterocycles. The van der Waals surface area contributed by atoms with Crippen molar-refractivity contribution < 1.29 is 4.79 Å². The Labute approximate surface area is 83.1 Å². The van der Waals surface area contributed by atoms with Gasteiger partial charge in [0.1, 0.15) is 6.54 Å². The number of nitrogens with zero attached hydrogens (tertiary/aromatic N) is 2. The summed E-state index contributed by atoms with van der Waals surface area (Å²) in [4.78, 5) is 13.3. The van der Waals surface area contributed by atoms with Crippen molar-refractivity contribution in [3.05, 3.63) is 0 Å². The van der Waals surface area contributed by atoms with E-state index in [4.69, 9.17) is 5.26 Å². The Morgan fingerprint density at radius 1 is 1.77 bits per heavy atom. The van der Waals surface area contributed by atoms with Crippen molar-refractivity contribution in [3.8, 4) is 6.07 Å². The predicted octanol–water partition coefficient (Wildman–Crippen LogP) is 1.25. The molecule has 0 aromatic rings. The average Bonchev–Trinajstić information content (AvgIpc) is 2.65. The topological polar surface area (TPSA) is 44.1 Å². The van der Waals surface area contributed by atoms with Gasteiger partial charge in [-0.15, -0.1) is 11.8 Å². The van der Waals surface area contributed by atoms with Crippen molar-refractivity contribution in [2.75, 3.05) is 18.8 Å². The number of carbonyl (C=O) groups excluding carboxylic acids is 1. The first kappa shape index (κ1) is 10.4. The van der Waals surface area contributed by atoms with Crippen LogP contribution in [-0.2, 0) is 4.79 Å². The second-order valence-corrected chi connectivity index (χ2v) is 4.32. The molecule has 0 aliphatic carbocycles. The van der Waals surface area contributed by atoms with Crippen molar-refractivity contribution in [1.29, 1.82) is 5.26 Å². The van der Waals surface area contributed by atoms with Gasteiger partial charge in [-0.3, -0.25) is 4.79 Å². The molecule has 4 heteroatoms. The lowest BCUT2D eigenvalue weighted by Crippen LogP contribution is -2.36. The molecule has 3 nitrogen and oxygen atoms in total. The number of hydrogen-bond acceptors (Lipinski definition) is 3. The molecule has 0 bridgehead atoms. The highest BCUT2D eigenvalue weighted by Crippen LogP contribution is 2.27. The van der Waals surface area contributed by atoms with Crippen molar-refractivity contribution in [1.82, 2.24) is 4.90 Å². The van der Waals surface area contributed by atoms with E-state index in [2.05, 4.69) is 0 Å². The van der Waals surface area contributed by atoms with E-state index in [1.54, 1.807) is 16.7 Å². The molecule has 0 aromatic heterocycles. The third-order valence-electron chi connectivity index (χ3n) is 2.16. The van der Waals surface area contributed by atoms with E-state index in [1.165, 1.54) is 0 Å². The summed E-state index contributed by atoms with van der Waals surface area (Å²) in [5.41, 5.74) is 0. The van der Waals surface area contributed by atoms with Crippen LogP contribution in [0.25, 0.3) is 0 Å². The van der Waals surface area contributed by atoms with Crippen LogP contribution in [0.1, 0.15) is 19.8 Å². The zero-order chi connectivity index (χ0) is 9.68. The number of nitriles is 1. The monoisotopic (exact) mass is 198 g/mol. The number of rotatable bonds is 3. The molecule has 1 rings (SSSR count). The predicted molar refractivity (Wildman–Crippen MR) is 53.3 cm³/mol. The number of thioether (sulfide) groups is 1. The molecular formula is C9H14N2OS. The number of hydrogen-bond donors (Lipinski definition) is 0. The van der Waals surface area contributed by atoms with E-state index in [0.717, 1.165) is 18.6 Å². The quantitative estimate of drug-likeness (QED) is 0.641. The van der Waals surface area contributed by atoms with Gasteiger partial charge in [-0.25, -0.2) is 0 Å². The summed E-state index contributed by atoms with van der Waals surface area (Å²) in [5, 5.41) is 8.63. The smallest absolute Gasteiger partial charge is 0.236 e. The van der Waals surface area contributed by atoms with Crippen LogP contribution < -0.4 is 0 Å². The van der Waals surface area contributed by atoms with Crippen molar-refractivity contribution in [2.45, 2.75) is 25.0 Å². The molecular weight excluding hydrogens is 184 g/mol. The van der Waals surface area contributed by atoms with E-state index in [1.807, 2.05) is 13.0 Å². The standard InChI is InChI=1S/C9H14N2OS/c1-2-11(6-5-10)9(12)8-4-3-7-13-8/h8H,2-4,6-7H2,1H3. The molecule has 1 aliphatic rings. The second kappa shape index (κ2) is 5.13. The zero-order valence-corrected chi connectivity index (χ0v) is 8.64. The van der Waals surface area contributed by atoms with E-state index in [9.17, 15) is 4.79 Å². The third-order valence-corrected chi connectivity index (χ3v) is 3.52. The first-order chi connectivity index (χ1) is 6.29. The lowest BCUT2D eigenvalue weighted by molar-refractivity contribution is -0.129. The summed E-state index contributed by atoms with van der Waals surface area (Å²) in [5.74, 6) is 1.23. The molecule has 0 radical (unpaired) electrons. The highest BCUT2D eigenvalue weighted by molar-refractivity contribution is 8.00. The minimum absolute atomic E-state index is 0.119. The van der Waals surface area contributed by atoms with Crippen LogP contribution in [0.5, 0.6) is 0 Å². The molecule has 1 atom stereocenters. The van der Waals surface area contributed by atoms with Gasteiger partial charge in [-0.2, -0.15) is 5.26 Å². The van der Waals surface area contributed by atoms with Gasteiger partial charge in [0.15, 0.2) is 0 Å². The minimum atomic E-state index is 0.119. The van der Waals surface area contributed by atoms with Crippen LogP contribution in [0.15, 0.2) is 0 Å². The van der Waals surface area contributed by atoms with Gasteiger partial charge in [0.2, 0.25) is 5.91 Å². The van der Waals surface area contributed by atoms with Crippen LogP contribution in [-0.4, -0.2) is 34.9 Å². The highest BCUT2D eigenvalue weighted by atomic mass is 32.2. The Bertz CT molecular complexity index is 218. The maximum Gasteiger partial charge on any atom is 0.236 e. The van der Waals surface area contributed by atoms with Gasteiger partial charge < -0.3 is 4.90 Å². The lowest BCUT2D eigenvalue weighted by Gasteiger charge is -2.20. The summed E-state index contributed by atoms with van der Waals surface area (Å²) in [7, 11) is 0. The van der Waals surface area contributed by atoms with Crippen LogP contribution in [0.3, 0.4) is 0 Å². The molecule has 0 spiro atoms. The number of amides is 1. The highest BCUT2D eigenvalue weighted by Gasteiger charge is 2.26. The van der Waals surface area contributed by atoms with E-state index in [0.29, 0.717) is 6.54 Å². The van der Waals surface area contributed by atoms with Crippen LogP contribution in [0, 0.1) is 11.3 Å². The SMILES string of the molecule is CCN(CC#N)C(=O)C1CCCS1. The van der Waals surface area contributed by atoms with Crippen molar-refractivity contribution in [3.63, 3.8) is 0 Å². The lowest BCUT2D eigenvalue weighted by atomic mass is 10.2. The molecule has 72 valence electrons. The van der Waals surface area contributed by atoms with Gasteiger partial charge in [-0.1, -0.05) is 0 Å². The fourth-order valence-electron chi connectivity index (χ4n) is 1.41. The Hall–Kier alpha value is -0.690. The Kier molecular flexibility index (Phi) is 4.10. The summed E-state index contributed by atoms with van der Waals surface area (Å²) < 4.78 is 0. The van der Waals surface area contributed by atoms with E-state index in [-0.39, 0.29) is 17.7 Å². The van der Waals surface area contributed by atoms with Crippen LogP contribution in [0.4, 0.5) is 0 Å². The molecule has 0 N–H and O–H groups in total. The summed E-state index contributed by atoms with van der Waals surface area (Å²) in [6, 6.07) is 2.02. The fraction of sp³-hybridized carbons (Fsp3) is 0.778. The van der Waals surface area contributed by atoms with Crippen LogP contribution in [0.2, 0.25) is 0 Å². The molecule has 1 amide bonds. The second-order valence-electron chi connectivity index (χ2n) is 3.01. The molecule has 0 aromatic carbocycles. The maximum absolute atomic E-state index is 11.7. The van der Waals surface area contributed by atoms with Crippen molar-refractivity contribution >= 4 is 17.7 Å². The number of carbonyl (C=O) groups is 1. The molecule has 1 heterocycles. The minimum Gasteiger partial charge on any atom is -0.329 e. The normalized spacial score (nSPS) is 21.1. The molecule has 13 heavy (non-hydrogen) atoms.